The fraction of sp³-hybridized carbons (Fsp3) is 0.647. The first kappa shape index (κ1) is 24.6. The van der Waals surface area contributed by atoms with Gasteiger partial charge in [-0.25, -0.2) is 0 Å². The third-order valence-electron chi connectivity index (χ3n) is 3.59. The van der Waals surface area contributed by atoms with Gasteiger partial charge in [-0.2, -0.15) is 26.0 Å². The topological polar surface area (TPSA) is 82.1 Å². The number of hydrogen-bond donors (Lipinski definition) is 1. The molecule has 162 valence electrons. The molecule has 6 nitrogen and oxygen atoms in total. The molecule has 1 N–H and O–H groups in total. The Balaban J connectivity index is 2.93. The van der Waals surface area contributed by atoms with Gasteiger partial charge in [0, 0.05) is 12.7 Å². The minimum absolute atomic E-state index is 0.0771. The van der Waals surface area contributed by atoms with Gasteiger partial charge in [0.15, 0.2) is 0 Å². The van der Waals surface area contributed by atoms with Crippen LogP contribution < -0.4 is 4.74 Å². The molecule has 0 aliphatic rings. The summed E-state index contributed by atoms with van der Waals surface area (Å²) in [6, 6.07) is 2.64. The number of aryl methyl sites for hydroxylation is 1. The summed E-state index contributed by atoms with van der Waals surface area (Å²) in [6.07, 6.45) is -7.94. The van der Waals surface area contributed by atoms with Gasteiger partial charge in [-0.1, -0.05) is 32.8 Å². The van der Waals surface area contributed by atoms with Crippen molar-refractivity contribution in [3.63, 3.8) is 0 Å². The van der Waals surface area contributed by atoms with Crippen molar-refractivity contribution in [1.82, 2.24) is 0 Å². The van der Waals surface area contributed by atoms with E-state index in [4.69, 9.17) is 9.29 Å². The second-order valence-corrected chi connectivity index (χ2v) is 7.37. The van der Waals surface area contributed by atoms with E-state index in [1.165, 1.54) is 0 Å². The highest BCUT2D eigenvalue weighted by atomic mass is 32.2. The molecule has 0 atom stereocenters. The first-order valence-corrected chi connectivity index (χ1v) is 10.2. The first-order chi connectivity index (χ1) is 12.9. The molecule has 0 spiro atoms. The van der Waals surface area contributed by atoms with E-state index in [1.807, 2.05) is 6.92 Å². The Morgan fingerprint density at radius 1 is 1.00 bits per heavy atom. The molecule has 0 unspecified atom stereocenters. The van der Waals surface area contributed by atoms with Gasteiger partial charge >= 0.3 is 12.2 Å². The lowest BCUT2D eigenvalue weighted by atomic mass is 10.1. The first-order valence-electron chi connectivity index (χ1n) is 8.71. The highest BCUT2D eigenvalue weighted by Gasteiger charge is 2.61. The van der Waals surface area contributed by atoms with Crippen LogP contribution in [0.3, 0.4) is 0 Å². The van der Waals surface area contributed by atoms with Crippen LogP contribution in [0.25, 0.3) is 0 Å². The summed E-state index contributed by atoms with van der Waals surface area (Å²) in [5.74, 6) is -0.788. The van der Waals surface area contributed by atoms with Crippen LogP contribution in [0.15, 0.2) is 23.1 Å². The van der Waals surface area contributed by atoms with Gasteiger partial charge in [0.05, 0.1) is 18.1 Å². The summed E-state index contributed by atoms with van der Waals surface area (Å²) in [7, 11) is -4.73. The van der Waals surface area contributed by atoms with Crippen LogP contribution in [0.2, 0.25) is 0 Å². The molecule has 0 saturated heterocycles. The molecule has 1 aromatic carbocycles. The second kappa shape index (κ2) is 10.4. The fourth-order valence-electron chi connectivity index (χ4n) is 2.12. The van der Waals surface area contributed by atoms with Gasteiger partial charge < -0.3 is 14.2 Å². The smallest absolute Gasteiger partial charge is 0.426 e. The SMILES string of the molecule is CCCCOCCOC(F)(F)C(F)(F)Oc1cc(S(=O)(=O)O)ccc1CCC. The van der Waals surface area contributed by atoms with Gasteiger partial charge in [0.25, 0.3) is 10.1 Å². The average molecular weight is 432 g/mol. The Hall–Kier alpha value is -1.43. The van der Waals surface area contributed by atoms with E-state index in [0.29, 0.717) is 25.5 Å². The zero-order valence-corrected chi connectivity index (χ0v) is 16.4. The van der Waals surface area contributed by atoms with Crippen LogP contribution in [0.5, 0.6) is 5.75 Å². The van der Waals surface area contributed by atoms with Crippen LogP contribution in [0.4, 0.5) is 17.6 Å². The largest absolute Gasteiger partial charge is 0.494 e. The lowest BCUT2D eigenvalue weighted by Gasteiger charge is -2.27. The Morgan fingerprint density at radius 3 is 2.25 bits per heavy atom. The molecule has 0 fully saturated rings. The standard InChI is InChI=1S/C17H24F4O6S/c1-3-5-9-25-10-11-26-16(18,19)17(20,21)27-15-12-14(28(22,23)24)8-7-13(15)6-4-2/h7-8,12H,3-6,9-11H2,1-2H3,(H,22,23,24). The molecule has 28 heavy (non-hydrogen) atoms. The number of hydrogen-bond acceptors (Lipinski definition) is 5. The third-order valence-corrected chi connectivity index (χ3v) is 4.44. The predicted molar refractivity (Wildman–Crippen MR) is 92.5 cm³/mol. The molecule has 0 aliphatic heterocycles. The number of benzene rings is 1. The Morgan fingerprint density at radius 2 is 1.68 bits per heavy atom. The maximum atomic E-state index is 14.0. The van der Waals surface area contributed by atoms with E-state index in [9.17, 15) is 26.0 Å². The molecule has 0 amide bonds. The molecule has 1 aromatic rings. The minimum Gasteiger partial charge on any atom is -0.426 e. The molecular weight excluding hydrogens is 408 g/mol. The van der Waals surface area contributed by atoms with E-state index >= 15 is 0 Å². The Labute approximate surface area is 161 Å². The summed E-state index contributed by atoms with van der Waals surface area (Å²) >= 11 is 0. The van der Waals surface area contributed by atoms with Crippen molar-refractivity contribution >= 4 is 10.1 Å². The second-order valence-electron chi connectivity index (χ2n) is 5.94. The number of alkyl halides is 4. The molecule has 11 heteroatoms. The summed E-state index contributed by atoms with van der Waals surface area (Å²) in [6.45, 7) is 2.80. The van der Waals surface area contributed by atoms with Crippen molar-refractivity contribution in [2.45, 2.75) is 56.6 Å². The molecule has 1 rings (SSSR count). The summed E-state index contributed by atoms with van der Waals surface area (Å²) in [5.41, 5.74) is 0.0771. The summed E-state index contributed by atoms with van der Waals surface area (Å²) < 4.78 is 100. The number of unbranched alkanes of at least 4 members (excludes halogenated alkanes) is 1. The monoisotopic (exact) mass is 432 g/mol. The van der Waals surface area contributed by atoms with Crippen molar-refractivity contribution < 1.29 is 44.7 Å². The molecular formula is C17H24F4O6S. The van der Waals surface area contributed by atoms with Crippen LogP contribution in [0.1, 0.15) is 38.7 Å². The zero-order valence-electron chi connectivity index (χ0n) is 15.6. The zero-order chi connectivity index (χ0) is 21.4. The van der Waals surface area contributed by atoms with E-state index in [2.05, 4.69) is 9.47 Å². The van der Waals surface area contributed by atoms with Gasteiger partial charge in [-0.3, -0.25) is 4.55 Å². The number of halogens is 4. The fourth-order valence-corrected chi connectivity index (χ4v) is 2.62. The van der Waals surface area contributed by atoms with Crippen molar-refractivity contribution in [1.29, 1.82) is 0 Å². The molecule has 0 aliphatic carbocycles. The average Bonchev–Trinajstić information content (AvgIpc) is 2.58. The number of rotatable bonds is 13. The summed E-state index contributed by atoms with van der Waals surface area (Å²) in [5, 5.41) is 0. The molecule has 0 aromatic heterocycles. The van der Waals surface area contributed by atoms with Crippen molar-refractivity contribution in [3.05, 3.63) is 23.8 Å². The van der Waals surface area contributed by atoms with Crippen LogP contribution in [0, 0.1) is 0 Å². The van der Waals surface area contributed by atoms with E-state index in [0.717, 1.165) is 18.6 Å². The lowest BCUT2D eigenvalue weighted by Crippen LogP contribution is -2.48. The Kier molecular flexibility index (Phi) is 9.12. The van der Waals surface area contributed by atoms with Gasteiger partial charge in [-0.05, 0) is 24.5 Å². The van der Waals surface area contributed by atoms with E-state index in [-0.39, 0.29) is 18.6 Å². The predicted octanol–water partition coefficient (Wildman–Crippen LogP) is 4.28. The van der Waals surface area contributed by atoms with Gasteiger partial charge in [0.2, 0.25) is 0 Å². The highest BCUT2D eigenvalue weighted by Crippen LogP contribution is 2.39. The highest BCUT2D eigenvalue weighted by molar-refractivity contribution is 7.85. The van der Waals surface area contributed by atoms with E-state index < -0.39 is 39.6 Å². The Bertz CT molecular complexity index is 724. The van der Waals surface area contributed by atoms with Gasteiger partial charge in [-0.15, -0.1) is 0 Å². The maximum absolute atomic E-state index is 14.0. The van der Waals surface area contributed by atoms with Crippen molar-refractivity contribution in [3.8, 4) is 5.75 Å². The quantitative estimate of drug-likeness (QED) is 0.285. The van der Waals surface area contributed by atoms with Crippen LogP contribution in [-0.4, -0.2) is 45.0 Å². The minimum atomic E-state index is -5.09. The van der Waals surface area contributed by atoms with E-state index in [1.54, 1.807) is 6.92 Å². The lowest BCUT2D eigenvalue weighted by molar-refractivity contribution is -0.408. The van der Waals surface area contributed by atoms with Crippen molar-refractivity contribution in [2.24, 2.45) is 0 Å². The molecule has 0 saturated carbocycles. The van der Waals surface area contributed by atoms with Crippen molar-refractivity contribution in [2.75, 3.05) is 19.8 Å². The number of ether oxygens (including phenoxy) is 3. The normalized spacial score (nSPS) is 13.0. The van der Waals surface area contributed by atoms with Gasteiger partial charge in [0.1, 0.15) is 5.75 Å². The molecule has 0 radical (unpaired) electrons. The van der Waals surface area contributed by atoms with Crippen LogP contribution in [-0.2, 0) is 26.0 Å². The van der Waals surface area contributed by atoms with Crippen LogP contribution >= 0.6 is 0 Å². The summed E-state index contributed by atoms with van der Waals surface area (Å²) in [4.78, 5) is -0.758. The maximum Gasteiger partial charge on any atom is 0.494 e. The molecule has 0 heterocycles. The molecule has 0 bridgehead atoms. The third kappa shape index (κ3) is 7.19.